The van der Waals surface area contributed by atoms with E-state index in [2.05, 4.69) is 42.8 Å². The number of halogens is 1. The number of carbonyl (C=O) groups excluding carboxylic acids is 1. The van der Waals surface area contributed by atoms with E-state index >= 15 is 0 Å². The second-order valence-corrected chi connectivity index (χ2v) is 8.09. The third-order valence-electron chi connectivity index (χ3n) is 3.97. The van der Waals surface area contributed by atoms with Crippen LogP contribution in [0.1, 0.15) is 12.5 Å². The van der Waals surface area contributed by atoms with Gasteiger partial charge in [0.1, 0.15) is 0 Å². The highest BCUT2D eigenvalue weighted by molar-refractivity contribution is 9.10. The largest absolute Gasteiger partial charge is 0.369 e. The molecule has 0 spiro atoms. The predicted octanol–water partition coefficient (Wildman–Crippen LogP) is 3.92. The molecule has 1 heterocycles. The molecule has 0 saturated heterocycles. The summed E-state index contributed by atoms with van der Waals surface area (Å²) in [6, 6.07) is 18.2. The normalized spacial score (nSPS) is 12.1. The third-order valence-corrected chi connectivity index (χ3v) is 5.60. The Labute approximate surface area is 165 Å². The van der Waals surface area contributed by atoms with Gasteiger partial charge in [0.2, 0.25) is 5.91 Å². The van der Waals surface area contributed by atoms with Crippen molar-refractivity contribution in [1.82, 2.24) is 14.8 Å². The van der Waals surface area contributed by atoms with E-state index in [1.165, 1.54) is 17.3 Å². The summed E-state index contributed by atoms with van der Waals surface area (Å²) in [6.07, 6.45) is 0.848. The zero-order valence-corrected chi connectivity index (χ0v) is 16.7. The molecule has 0 aliphatic heterocycles. The van der Waals surface area contributed by atoms with E-state index in [1.54, 1.807) is 6.92 Å². The zero-order valence-electron chi connectivity index (χ0n) is 14.3. The molecule has 7 heteroatoms. The van der Waals surface area contributed by atoms with E-state index in [9.17, 15) is 4.79 Å². The Bertz CT molecular complexity index is 880. The van der Waals surface area contributed by atoms with Crippen molar-refractivity contribution >= 4 is 33.6 Å². The number of amides is 1. The molecule has 0 bridgehead atoms. The molecule has 1 aromatic heterocycles. The number of hydrogen-bond acceptors (Lipinski definition) is 4. The van der Waals surface area contributed by atoms with Gasteiger partial charge in [-0.15, -0.1) is 10.2 Å². The SMILES string of the molecule is C[C@H](Sc1nnc(-c2ccc(Br)cc2)n1CCc1ccccc1)C(N)=O. The summed E-state index contributed by atoms with van der Waals surface area (Å²) in [5.41, 5.74) is 7.63. The van der Waals surface area contributed by atoms with Gasteiger partial charge in [-0.1, -0.05) is 70.2 Å². The van der Waals surface area contributed by atoms with Crippen LogP contribution in [0.2, 0.25) is 0 Å². The molecule has 5 nitrogen and oxygen atoms in total. The van der Waals surface area contributed by atoms with Crippen LogP contribution >= 0.6 is 27.7 Å². The van der Waals surface area contributed by atoms with Crippen LogP contribution in [0.25, 0.3) is 11.4 Å². The molecule has 0 aliphatic carbocycles. The Morgan fingerprint density at radius 3 is 2.50 bits per heavy atom. The van der Waals surface area contributed by atoms with Gasteiger partial charge in [0.15, 0.2) is 11.0 Å². The van der Waals surface area contributed by atoms with Gasteiger partial charge in [-0.3, -0.25) is 4.79 Å². The quantitative estimate of drug-likeness (QED) is 0.576. The number of aromatic nitrogens is 3. The maximum absolute atomic E-state index is 11.4. The number of benzene rings is 2. The molecule has 3 rings (SSSR count). The molecule has 26 heavy (non-hydrogen) atoms. The molecule has 2 N–H and O–H groups in total. The molecule has 3 aromatic rings. The summed E-state index contributed by atoms with van der Waals surface area (Å²) in [6.45, 7) is 2.50. The standard InChI is InChI=1S/C19H19BrN4OS/c1-13(17(21)25)26-19-23-22-18(15-7-9-16(20)10-8-15)24(19)12-11-14-5-3-2-4-6-14/h2-10,13H,11-12H2,1H3,(H2,21,25)/t13-/m0/s1. The summed E-state index contributed by atoms with van der Waals surface area (Å²) in [7, 11) is 0. The highest BCUT2D eigenvalue weighted by Gasteiger charge is 2.19. The summed E-state index contributed by atoms with van der Waals surface area (Å²) >= 11 is 4.79. The van der Waals surface area contributed by atoms with Crippen LogP contribution in [-0.2, 0) is 17.8 Å². The lowest BCUT2D eigenvalue weighted by Gasteiger charge is -2.12. The molecule has 0 aliphatic rings. The number of carbonyl (C=O) groups is 1. The Hall–Kier alpha value is -2.12. The van der Waals surface area contributed by atoms with E-state index in [4.69, 9.17) is 5.73 Å². The van der Waals surface area contributed by atoms with Crippen molar-refractivity contribution in [1.29, 1.82) is 0 Å². The van der Waals surface area contributed by atoms with Crippen molar-refractivity contribution in [3.8, 4) is 11.4 Å². The maximum Gasteiger partial charge on any atom is 0.230 e. The minimum atomic E-state index is -0.368. The van der Waals surface area contributed by atoms with Gasteiger partial charge in [0.05, 0.1) is 5.25 Å². The van der Waals surface area contributed by atoms with Gasteiger partial charge < -0.3 is 10.3 Å². The summed E-state index contributed by atoms with van der Waals surface area (Å²) < 4.78 is 3.06. The van der Waals surface area contributed by atoms with Gasteiger partial charge in [0.25, 0.3) is 0 Å². The van der Waals surface area contributed by atoms with Crippen LogP contribution in [0.3, 0.4) is 0 Å². The fourth-order valence-electron chi connectivity index (χ4n) is 2.49. The molecule has 0 fully saturated rings. The first-order valence-electron chi connectivity index (χ1n) is 8.23. The van der Waals surface area contributed by atoms with E-state index in [1.807, 2.05) is 42.5 Å². The minimum absolute atomic E-state index is 0.363. The fourth-order valence-corrected chi connectivity index (χ4v) is 3.58. The monoisotopic (exact) mass is 430 g/mol. The summed E-state index contributed by atoms with van der Waals surface area (Å²) in [5, 5.41) is 9.00. The molecular formula is C19H19BrN4OS. The van der Waals surface area contributed by atoms with Crippen molar-refractivity contribution in [3.05, 3.63) is 64.6 Å². The van der Waals surface area contributed by atoms with Gasteiger partial charge in [0, 0.05) is 16.6 Å². The Morgan fingerprint density at radius 2 is 1.85 bits per heavy atom. The Kier molecular flexibility index (Phi) is 6.11. The molecule has 134 valence electrons. The molecule has 0 radical (unpaired) electrons. The first-order chi connectivity index (χ1) is 12.5. The van der Waals surface area contributed by atoms with Crippen LogP contribution in [0.4, 0.5) is 0 Å². The lowest BCUT2D eigenvalue weighted by molar-refractivity contribution is -0.117. The van der Waals surface area contributed by atoms with Crippen LogP contribution in [-0.4, -0.2) is 25.9 Å². The number of nitrogens with two attached hydrogens (primary N) is 1. The second kappa shape index (κ2) is 8.51. The first kappa shape index (κ1) is 18.7. The molecule has 1 atom stereocenters. The lowest BCUT2D eigenvalue weighted by atomic mass is 10.1. The van der Waals surface area contributed by atoms with Crippen molar-refractivity contribution in [2.75, 3.05) is 0 Å². The predicted molar refractivity (Wildman–Crippen MR) is 108 cm³/mol. The Balaban J connectivity index is 1.91. The van der Waals surface area contributed by atoms with E-state index in [0.717, 1.165) is 28.8 Å². The van der Waals surface area contributed by atoms with Crippen LogP contribution in [0.5, 0.6) is 0 Å². The molecule has 2 aromatic carbocycles. The number of nitrogens with zero attached hydrogens (tertiary/aromatic N) is 3. The smallest absolute Gasteiger partial charge is 0.230 e. The van der Waals surface area contributed by atoms with Crippen LogP contribution in [0.15, 0.2) is 64.2 Å². The van der Waals surface area contributed by atoms with Crippen molar-refractivity contribution in [2.45, 2.75) is 30.3 Å². The van der Waals surface area contributed by atoms with Crippen molar-refractivity contribution in [3.63, 3.8) is 0 Å². The van der Waals surface area contributed by atoms with E-state index in [0.29, 0.717) is 5.16 Å². The topological polar surface area (TPSA) is 73.8 Å². The molecule has 1 amide bonds. The highest BCUT2D eigenvalue weighted by atomic mass is 79.9. The number of primary amides is 1. The third kappa shape index (κ3) is 4.53. The van der Waals surface area contributed by atoms with Crippen LogP contribution in [0, 0.1) is 0 Å². The number of rotatable bonds is 7. The molecular weight excluding hydrogens is 412 g/mol. The first-order valence-corrected chi connectivity index (χ1v) is 9.91. The van der Waals surface area contributed by atoms with Gasteiger partial charge >= 0.3 is 0 Å². The number of thioether (sulfide) groups is 1. The summed E-state index contributed by atoms with van der Waals surface area (Å²) in [5.74, 6) is 0.422. The van der Waals surface area contributed by atoms with Crippen molar-refractivity contribution < 1.29 is 4.79 Å². The highest BCUT2D eigenvalue weighted by Crippen LogP contribution is 2.28. The van der Waals surface area contributed by atoms with Gasteiger partial charge in [-0.2, -0.15) is 0 Å². The lowest BCUT2D eigenvalue weighted by Crippen LogP contribution is -2.23. The average Bonchev–Trinajstić information content (AvgIpc) is 3.04. The average molecular weight is 431 g/mol. The van der Waals surface area contributed by atoms with Crippen LogP contribution < -0.4 is 5.73 Å². The van der Waals surface area contributed by atoms with E-state index in [-0.39, 0.29) is 11.2 Å². The van der Waals surface area contributed by atoms with Crippen molar-refractivity contribution in [2.24, 2.45) is 5.73 Å². The second-order valence-electron chi connectivity index (χ2n) is 5.86. The minimum Gasteiger partial charge on any atom is -0.369 e. The van der Waals surface area contributed by atoms with E-state index < -0.39 is 0 Å². The molecule has 0 unspecified atom stereocenters. The number of hydrogen-bond donors (Lipinski definition) is 1. The maximum atomic E-state index is 11.4. The fraction of sp³-hybridized carbons (Fsp3) is 0.211. The molecule has 0 saturated carbocycles. The van der Waals surface area contributed by atoms with Gasteiger partial charge in [-0.25, -0.2) is 0 Å². The zero-order chi connectivity index (χ0) is 18.5. The van der Waals surface area contributed by atoms with Gasteiger partial charge in [-0.05, 0) is 31.0 Å². The summed E-state index contributed by atoms with van der Waals surface area (Å²) in [4.78, 5) is 11.4. The number of aryl methyl sites for hydroxylation is 1. The Morgan fingerprint density at radius 1 is 1.15 bits per heavy atom.